The van der Waals surface area contributed by atoms with Crippen LogP contribution >= 0.6 is 22.6 Å². The quantitative estimate of drug-likeness (QED) is 0.205. The molecule has 0 amide bonds. The number of aromatic nitrogens is 4. The number of anilines is 2. The van der Waals surface area contributed by atoms with Crippen LogP contribution in [0.1, 0.15) is 25.4 Å². The number of piperazine rings is 1. The SMILES string of the molecule is Cc1nc(NCc2cccc(N3C[C@@H](C)N[C@@H](C)C3)n2)c2c(I)cn(COCC[Si](C)(C)C)c2n1. The van der Waals surface area contributed by atoms with Crippen molar-refractivity contribution in [2.24, 2.45) is 0 Å². The maximum atomic E-state index is 6.01. The molecule has 4 heterocycles. The fourth-order valence-corrected chi connectivity index (χ4v) is 6.03. The van der Waals surface area contributed by atoms with Crippen molar-refractivity contribution in [3.8, 4) is 0 Å². The highest BCUT2D eigenvalue weighted by molar-refractivity contribution is 14.1. The van der Waals surface area contributed by atoms with E-state index in [4.69, 9.17) is 19.7 Å². The second-order valence-corrected chi connectivity index (χ2v) is 17.6. The third kappa shape index (κ3) is 6.93. The molecule has 190 valence electrons. The molecule has 35 heavy (non-hydrogen) atoms. The fraction of sp³-hybridized carbons (Fsp3) is 0.560. The second-order valence-electron chi connectivity index (χ2n) is 10.8. The molecule has 0 bridgehead atoms. The second kappa shape index (κ2) is 11.1. The minimum atomic E-state index is -1.11. The molecule has 0 unspecified atom stereocenters. The molecule has 0 saturated carbocycles. The van der Waals surface area contributed by atoms with Gasteiger partial charge in [-0.25, -0.2) is 15.0 Å². The van der Waals surface area contributed by atoms with Crippen molar-refractivity contribution in [1.29, 1.82) is 0 Å². The number of aryl methyl sites for hydroxylation is 1. The molecule has 2 N–H and O–H groups in total. The van der Waals surface area contributed by atoms with Crippen LogP contribution in [-0.2, 0) is 18.0 Å². The van der Waals surface area contributed by atoms with Crippen LogP contribution in [0.2, 0.25) is 25.7 Å². The summed E-state index contributed by atoms with van der Waals surface area (Å²) in [6.07, 6.45) is 2.10. The van der Waals surface area contributed by atoms with E-state index in [-0.39, 0.29) is 0 Å². The molecule has 0 aromatic carbocycles. The number of rotatable bonds is 9. The van der Waals surface area contributed by atoms with Crippen LogP contribution in [0, 0.1) is 10.5 Å². The Hall–Kier alpha value is -1.76. The molecule has 0 aliphatic carbocycles. The first-order chi connectivity index (χ1) is 16.6. The number of nitrogens with zero attached hydrogens (tertiary/aromatic N) is 5. The highest BCUT2D eigenvalue weighted by Gasteiger charge is 2.22. The monoisotopic (exact) mass is 607 g/mol. The van der Waals surface area contributed by atoms with E-state index in [2.05, 4.69) is 101 Å². The highest BCUT2D eigenvalue weighted by atomic mass is 127. The van der Waals surface area contributed by atoms with Gasteiger partial charge in [0, 0.05) is 49.6 Å². The molecule has 3 aromatic rings. The van der Waals surface area contributed by atoms with Gasteiger partial charge in [-0.1, -0.05) is 25.7 Å². The Morgan fingerprint density at radius 3 is 2.60 bits per heavy atom. The van der Waals surface area contributed by atoms with Crippen molar-refractivity contribution in [1.82, 2.24) is 24.8 Å². The van der Waals surface area contributed by atoms with Gasteiger partial charge in [0.15, 0.2) is 0 Å². The van der Waals surface area contributed by atoms with Crippen molar-refractivity contribution in [2.45, 2.75) is 71.8 Å². The zero-order valence-electron chi connectivity index (χ0n) is 21.7. The average Bonchev–Trinajstić information content (AvgIpc) is 3.09. The first-order valence-corrected chi connectivity index (χ1v) is 17.2. The smallest absolute Gasteiger partial charge is 0.148 e. The maximum Gasteiger partial charge on any atom is 0.148 e. The van der Waals surface area contributed by atoms with E-state index in [1.54, 1.807) is 0 Å². The van der Waals surface area contributed by atoms with Crippen LogP contribution in [0.15, 0.2) is 24.4 Å². The Labute approximate surface area is 223 Å². The number of hydrogen-bond donors (Lipinski definition) is 2. The molecule has 10 heteroatoms. The van der Waals surface area contributed by atoms with Gasteiger partial charge >= 0.3 is 0 Å². The standard InChI is InChI=1S/C25H38IN7OSi/c1-17-13-32(14-18(2)28-17)22-9-7-8-20(31-22)12-27-24-23-21(26)15-33(25(23)30-19(3)29-24)16-34-10-11-35(4,5)6/h7-9,15,17-18,28H,10-14,16H2,1-6H3,(H,27,29,30)/t17-,18+. The van der Waals surface area contributed by atoms with Crippen molar-refractivity contribution < 1.29 is 4.74 Å². The van der Waals surface area contributed by atoms with Gasteiger partial charge in [-0.05, 0) is 61.5 Å². The lowest BCUT2D eigenvalue weighted by Gasteiger charge is -2.37. The molecule has 4 rings (SSSR count). The predicted molar refractivity (Wildman–Crippen MR) is 155 cm³/mol. The lowest BCUT2D eigenvalue weighted by atomic mass is 10.1. The van der Waals surface area contributed by atoms with Crippen LogP contribution in [0.25, 0.3) is 11.0 Å². The lowest BCUT2D eigenvalue weighted by Crippen LogP contribution is -2.54. The Kier molecular flexibility index (Phi) is 8.34. The Morgan fingerprint density at radius 1 is 1.14 bits per heavy atom. The molecular formula is C25H38IN7OSi. The van der Waals surface area contributed by atoms with E-state index < -0.39 is 8.07 Å². The number of halogens is 1. The third-order valence-corrected chi connectivity index (χ3v) is 8.64. The first kappa shape index (κ1) is 26.3. The van der Waals surface area contributed by atoms with E-state index in [0.29, 0.717) is 25.4 Å². The van der Waals surface area contributed by atoms with E-state index >= 15 is 0 Å². The van der Waals surface area contributed by atoms with Crippen LogP contribution < -0.4 is 15.5 Å². The van der Waals surface area contributed by atoms with Gasteiger partial charge in [0.2, 0.25) is 0 Å². The van der Waals surface area contributed by atoms with Gasteiger partial charge in [0.1, 0.15) is 29.8 Å². The molecule has 8 nitrogen and oxygen atoms in total. The Morgan fingerprint density at radius 2 is 1.89 bits per heavy atom. The largest absolute Gasteiger partial charge is 0.364 e. The summed E-state index contributed by atoms with van der Waals surface area (Å²) in [6.45, 7) is 17.3. The molecular weight excluding hydrogens is 569 g/mol. The molecule has 2 atom stereocenters. The molecule has 1 aliphatic rings. The maximum absolute atomic E-state index is 6.01. The van der Waals surface area contributed by atoms with Gasteiger partial charge in [-0.15, -0.1) is 0 Å². The van der Waals surface area contributed by atoms with Crippen LogP contribution in [-0.4, -0.2) is 59.4 Å². The molecule has 1 aliphatic heterocycles. The Balaban J connectivity index is 1.48. The summed E-state index contributed by atoms with van der Waals surface area (Å²) in [4.78, 5) is 16.8. The van der Waals surface area contributed by atoms with Crippen molar-refractivity contribution in [3.63, 3.8) is 0 Å². The first-order valence-electron chi connectivity index (χ1n) is 12.4. The Bertz CT molecular complexity index is 1150. The molecule has 1 saturated heterocycles. The van der Waals surface area contributed by atoms with Crippen LogP contribution in [0.4, 0.5) is 11.6 Å². The van der Waals surface area contributed by atoms with Gasteiger partial charge in [0.25, 0.3) is 0 Å². The number of ether oxygens (including phenoxy) is 1. The van der Waals surface area contributed by atoms with Crippen LogP contribution in [0.3, 0.4) is 0 Å². The lowest BCUT2D eigenvalue weighted by molar-refractivity contribution is 0.0898. The number of fused-ring (bicyclic) bond motifs is 1. The predicted octanol–water partition coefficient (Wildman–Crippen LogP) is 4.85. The van der Waals surface area contributed by atoms with Gasteiger partial charge in [-0.2, -0.15) is 0 Å². The zero-order chi connectivity index (χ0) is 25.2. The topological polar surface area (TPSA) is 80.1 Å². The molecule has 0 radical (unpaired) electrons. The zero-order valence-corrected chi connectivity index (χ0v) is 24.9. The minimum absolute atomic E-state index is 0.449. The van der Waals surface area contributed by atoms with E-state index in [1.807, 2.05) is 6.92 Å². The summed E-state index contributed by atoms with van der Waals surface area (Å²) in [7, 11) is -1.11. The van der Waals surface area contributed by atoms with E-state index in [1.165, 1.54) is 0 Å². The van der Waals surface area contributed by atoms with Crippen molar-refractivity contribution in [2.75, 3.05) is 29.9 Å². The fourth-order valence-electron chi connectivity index (χ4n) is 4.45. The summed E-state index contributed by atoms with van der Waals surface area (Å²) >= 11 is 2.37. The van der Waals surface area contributed by atoms with Gasteiger partial charge < -0.3 is 24.8 Å². The average molecular weight is 608 g/mol. The van der Waals surface area contributed by atoms with Gasteiger partial charge in [0.05, 0.1) is 17.6 Å². The highest BCUT2D eigenvalue weighted by Crippen LogP contribution is 2.28. The summed E-state index contributed by atoms with van der Waals surface area (Å²) < 4.78 is 9.21. The van der Waals surface area contributed by atoms with Crippen molar-refractivity contribution in [3.05, 3.63) is 39.5 Å². The number of hydrogen-bond acceptors (Lipinski definition) is 7. The van der Waals surface area contributed by atoms with Crippen LogP contribution in [0.5, 0.6) is 0 Å². The summed E-state index contributed by atoms with van der Waals surface area (Å²) in [6, 6.07) is 8.32. The summed E-state index contributed by atoms with van der Waals surface area (Å²) in [5, 5.41) is 8.16. The van der Waals surface area contributed by atoms with E-state index in [0.717, 1.165) is 63.5 Å². The summed E-state index contributed by atoms with van der Waals surface area (Å²) in [5.41, 5.74) is 1.90. The minimum Gasteiger partial charge on any atom is -0.364 e. The normalized spacial score (nSPS) is 18.9. The number of pyridine rings is 1. The molecule has 0 spiro atoms. The third-order valence-electron chi connectivity index (χ3n) is 6.12. The molecule has 1 fully saturated rings. The van der Waals surface area contributed by atoms with Crippen molar-refractivity contribution >= 4 is 53.3 Å². The summed E-state index contributed by atoms with van der Waals surface area (Å²) in [5.74, 6) is 2.61. The number of nitrogens with one attached hydrogen (secondary N) is 2. The molecule has 3 aromatic heterocycles. The van der Waals surface area contributed by atoms with E-state index in [9.17, 15) is 0 Å². The van der Waals surface area contributed by atoms with Gasteiger partial charge in [-0.3, -0.25) is 0 Å².